The van der Waals surface area contributed by atoms with E-state index in [2.05, 4.69) is 0 Å². The van der Waals surface area contributed by atoms with Crippen LogP contribution in [0.4, 0.5) is 0 Å². The SMILES string of the molecule is CC[C@]1(O)CC=C(N)C=C1c1ccccc1. The number of nitrogens with two attached hydrogens (primary N) is 1. The van der Waals surface area contributed by atoms with Crippen LogP contribution >= 0.6 is 0 Å². The van der Waals surface area contributed by atoms with Gasteiger partial charge in [0, 0.05) is 12.1 Å². The Kier molecular flexibility index (Phi) is 2.84. The minimum Gasteiger partial charge on any atom is -0.399 e. The summed E-state index contributed by atoms with van der Waals surface area (Å²) < 4.78 is 0. The first kappa shape index (κ1) is 11.0. The minimum absolute atomic E-state index is 0.593. The zero-order valence-corrected chi connectivity index (χ0v) is 9.48. The maximum Gasteiger partial charge on any atom is 0.0935 e. The van der Waals surface area contributed by atoms with Gasteiger partial charge >= 0.3 is 0 Å². The standard InChI is InChI=1S/C14H17NO/c1-2-14(16)9-8-12(15)10-13(14)11-6-4-3-5-7-11/h3-8,10,16H,2,9,15H2,1H3/t14-/m0/s1. The molecule has 1 aliphatic rings. The number of aliphatic hydroxyl groups is 1. The van der Waals surface area contributed by atoms with Gasteiger partial charge < -0.3 is 10.8 Å². The summed E-state index contributed by atoms with van der Waals surface area (Å²) in [5, 5.41) is 10.5. The van der Waals surface area contributed by atoms with Crippen molar-refractivity contribution in [2.75, 3.05) is 0 Å². The van der Waals surface area contributed by atoms with Gasteiger partial charge in [-0.1, -0.05) is 43.3 Å². The Balaban J connectivity index is 2.47. The number of allylic oxidation sites excluding steroid dienone is 1. The molecule has 1 aromatic rings. The molecule has 2 nitrogen and oxygen atoms in total. The lowest BCUT2D eigenvalue weighted by Gasteiger charge is -2.32. The molecule has 0 heterocycles. The predicted molar refractivity (Wildman–Crippen MR) is 66.5 cm³/mol. The summed E-state index contributed by atoms with van der Waals surface area (Å²) >= 11 is 0. The first-order valence-corrected chi connectivity index (χ1v) is 5.61. The molecule has 0 spiro atoms. The van der Waals surface area contributed by atoms with Crippen molar-refractivity contribution in [2.45, 2.75) is 25.4 Å². The lowest BCUT2D eigenvalue weighted by atomic mass is 9.80. The van der Waals surface area contributed by atoms with Crippen LogP contribution < -0.4 is 5.73 Å². The third kappa shape index (κ3) is 1.89. The molecule has 1 atom stereocenters. The van der Waals surface area contributed by atoms with Crippen LogP contribution in [0.5, 0.6) is 0 Å². The molecule has 1 aliphatic carbocycles. The van der Waals surface area contributed by atoms with E-state index in [0.717, 1.165) is 16.8 Å². The van der Waals surface area contributed by atoms with Crippen molar-refractivity contribution in [3.63, 3.8) is 0 Å². The average Bonchev–Trinajstić information content (AvgIpc) is 2.33. The van der Waals surface area contributed by atoms with E-state index in [1.807, 2.05) is 49.4 Å². The topological polar surface area (TPSA) is 46.2 Å². The molecule has 0 aromatic heterocycles. The van der Waals surface area contributed by atoms with Crippen molar-refractivity contribution in [3.8, 4) is 0 Å². The Morgan fingerprint density at radius 2 is 2.00 bits per heavy atom. The molecule has 0 unspecified atom stereocenters. The van der Waals surface area contributed by atoms with Crippen molar-refractivity contribution in [3.05, 3.63) is 53.7 Å². The third-order valence-electron chi connectivity index (χ3n) is 3.16. The highest BCUT2D eigenvalue weighted by molar-refractivity contribution is 5.75. The van der Waals surface area contributed by atoms with Gasteiger partial charge in [0.1, 0.15) is 0 Å². The Morgan fingerprint density at radius 3 is 2.62 bits per heavy atom. The van der Waals surface area contributed by atoms with Crippen molar-refractivity contribution < 1.29 is 5.11 Å². The van der Waals surface area contributed by atoms with Gasteiger partial charge in [0.05, 0.1) is 5.60 Å². The van der Waals surface area contributed by atoms with E-state index in [1.165, 1.54) is 0 Å². The summed E-state index contributed by atoms with van der Waals surface area (Å²) in [5.74, 6) is 0. The molecule has 0 aliphatic heterocycles. The van der Waals surface area contributed by atoms with Gasteiger partial charge in [0.15, 0.2) is 0 Å². The second-order valence-corrected chi connectivity index (χ2v) is 4.22. The molecule has 2 heteroatoms. The quantitative estimate of drug-likeness (QED) is 0.796. The summed E-state index contributed by atoms with van der Waals surface area (Å²) in [6, 6.07) is 9.93. The van der Waals surface area contributed by atoms with E-state index in [4.69, 9.17) is 5.73 Å². The molecule has 0 fully saturated rings. The molecule has 0 amide bonds. The fraction of sp³-hybridized carbons (Fsp3) is 0.286. The zero-order valence-electron chi connectivity index (χ0n) is 9.48. The van der Waals surface area contributed by atoms with Gasteiger partial charge in [-0.3, -0.25) is 0 Å². The Labute approximate surface area is 96.1 Å². The number of hydrogen-bond acceptors (Lipinski definition) is 2. The maximum absolute atomic E-state index is 10.5. The van der Waals surface area contributed by atoms with Gasteiger partial charge in [-0.25, -0.2) is 0 Å². The Bertz CT molecular complexity index is 433. The molecule has 1 aromatic carbocycles. The average molecular weight is 215 g/mol. The van der Waals surface area contributed by atoms with E-state index >= 15 is 0 Å². The van der Waals surface area contributed by atoms with E-state index in [0.29, 0.717) is 12.8 Å². The van der Waals surface area contributed by atoms with E-state index in [1.54, 1.807) is 0 Å². The summed E-state index contributed by atoms with van der Waals surface area (Å²) in [5.41, 5.74) is 7.74. The van der Waals surface area contributed by atoms with Gasteiger partial charge in [0.2, 0.25) is 0 Å². The molecule has 2 rings (SSSR count). The predicted octanol–water partition coefficient (Wildman–Crippen LogP) is 2.46. The third-order valence-corrected chi connectivity index (χ3v) is 3.16. The van der Waals surface area contributed by atoms with Crippen LogP contribution in [0, 0.1) is 0 Å². The number of rotatable bonds is 2. The Morgan fingerprint density at radius 1 is 1.31 bits per heavy atom. The van der Waals surface area contributed by atoms with Crippen molar-refractivity contribution in [1.29, 1.82) is 0 Å². The summed E-state index contributed by atoms with van der Waals surface area (Å²) in [4.78, 5) is 0. The van der Waals surface area contributed by atoms with E-state index in [9.17, 15) is 5.11 Å². The summed E-state index contributed by atoms with van der Waals surface area (Å²) in [7, 11) is 0. The first-order chi connectivity index (χ1) is 7.65. The number of hydrogen-bond donors (Lipinski definition) is 2. The van der Waals surface area contributed by atoms with Gasteiger partial charge in [-0.2, -0.15) is 0 Å². The monoisotopic (exact) mass is 215 g/mol. The second-order valence-electron chi connectivity index (χ2n) is 4.22. The van der Waals surface area contributed by atoms with Crippen LogP contribution in [0.25, 0.3) is 5.57 Å². The maximum atomic E-state index is 10.5. The number of benzene rings is 1. The fourth-order valence-corrected chi connectivity index (χ4v) is 2.06. The molecular formula is C14H17NO. The molecule has 0 saturated carbocycles. The molecule has 16 heavy (non-hydrogen) atoms. The van der Waals surface area contributed by atoms with Crippen LogP contribution in [0.1, 0.15) is 25.3 Å². The fourth-order valence-electron chi connectivity index (χ4n) is 2.06. The summed E-state index contributed by atoms with van der Waals surface area (Å²) in [6.45, 7) is 1.99. The largest absolute Gasteiger partial charge is 0.399 e. The van der Waals surface area contributed by atoms with Gasteiger partial charge in [0.25, 0.3) is 0 Å². The van der Waals surface area contributed by atoms with Crippen LogP contribution in [0.3, 0.4) is 0 Å². The molecule has 3 N–H and O–H groups in total. The highest BCUT2D eigenvalue weighted by Gasteiger charge is 2.31. The molecule has 84 valence electrons. The van der Waals surface area contributed by atoms with Crippen molar-refractivity contribution in [1.82, 2.24) is 0 Å². The normalized spacial score (nSPS) is 24.9. The van der Waals surface area contributed by atoms with Gasteiger partial charge in [-0.15, -0.1) is 0 Å². The van der Waals surface area contributed by atoms with E-state index in [-0.39, 0.29) is 0 Å². The van der Waals surface area contributed by atoms with E-state index < -0.39 is 5.60 Å². The zero-order chi connectivity index (χ0) is 11.6. The van der Waals surface area contributed by atoms with Crippen molar-refractivity contribution in [2.24, 2.45) is 5.73 Å². The van der Waals surface area contributed by atoms with Crippen LogP contribution in [0.15, 0.2) is 48.2 Å². The summed E-state index contributed by atoms with van der Waals surface area (Å²) in [6.07, 6.45) is 5.05. The molecule has 0 radical (unpaired) electrons. The van der Waals surface area contributed by atoms with Crippen LogP contribution in [-0.2, 0) is 0 Å². The highest BCUT2D eigenvalue weighted by Crippen LogP contribution is 2.36. The highest BCUT2D eigenvalue weighted by atomic mass is 16.3. The molecule has 0 bridgehead atoms. The minimum atomic E-state index is -0.774. The second kappa shape index (κ2) is 4.14. The molecule has 0 saturated heterocycles. The van der Waals surface area contributed by atoms with Crippen LogP contribution in [-0.4, -0.2) is 10.7 Å². The smallest absolute Gasteiger partial charge is 0.0935 e. The van der Waals surface area contributed by atoms with Gasteiger partial charge in [-0.05, 0) is 23.6 Å². The Hall–Kier alpha value is -1.54. The lowest BCUT2D eigenvalue weighted by Crippen LogP contribution is -2.31. The lowest BCUT2D eigenvalue weighted by molar-refractivity contribution is 0.0993. The van der Waals surface area contributed by atoms with Crippen molar-refractivity contribution >= 4 is 5.57 Å². The van der Waals surface area contributed by atoms with Crippen LogP contribution in [0.2, 0.25) is 0 Å². The molecular weight excluding hydrogens is 198 g/mol. The first-order valence-electron chi connectivity index (χ1n) is 5.61.